The molecule has 0 spiro atoms. The number of carbonyl (C=O) groups excluding carboxylic acids is 1. The Hall–Kier alpha value is -2.76. The fraction of sp³-hybridized carbons (Fsp3) is 0.250. The van der Waals surface area contributed by atoms with Gasteiger partial charge in [-0.3, -0.25) is 4.79 Å². The molecule has 0 atom stereocenters. The number of hydrogen-bond donors (Lipinski definition) is 0. The van der Waals surface area contributed by atoms with Gasteiger partial charge >= 0.3 is 6.18 Å². The maximum absolute atomic E-state index is 12.6. The van der Waals surface area contributed by atoms with E-state index in [1.807, 2.05) is 41.1 Å². The molecule has 0 fully saturated rings. The fourth-order valence-corrected chi connectivity index (χ4v) is 2.90. The van der Waals surface area contributed by atoms with Gasteiger partial charge in [-0.15, -0.1) is 0 Å². The molecule has 0 unspecified atom stereocenters. The summed E-state index contributed by atoms with van der Waals surface area (Å²) < 4.78 is 39.8. The van der Waals surface area contributed by atoms with E-state index in [4.69, 9.17) is 0 Å². The first-order chi connectivity index (χ1) is 12.3. The van der Waals surface area contributed by atoms with Crippen LogP contribution in [0.4, 0.5) is 13.2 Å². The smallest absolute Gasteiger partial charge is 0.347 e. The molecule has 0 aliphatic heterocycles. The summed E-state index contributed by atoms with van der Waals surface area (Å²) in [4.78, 5) is 13.9. The molecule has 3 rings (SSSR count). The van der Waals surface area contributed by atoms with Crippen molar-refractivity contribution in [2.75, 3.05) is 7.05 Å². The minimum atomic E-state index is -4.35. The number of nitrogens with zero attached hydrogens (tertiary/aromatic N) is 2. The van der Waals surface area contributed by atoms with Gasteiger partial charge in [0.2, 0.25) is 5.91 Å². The highest BCUT2D eigenvalue weighted by molar-refractivity contribution is 5.80. The third kappa shape index (κ3) is 4.07. The summed E-state index contributed by atoms with van der Waals surface area (Å²) in [6, 6.07) is 14.9. The number of benzene rings is 2. The lowest BCUT2D eigenvalue weighted by atomic mass is 10.1. The Bertz CT molecular complexity index is 897. The molecule has 0 N–H and O–H groups in total. The summed E-state index contributed by atoms with van der Waals surface area (Å²) in [5, 5.41) is 1.12. The van der Waals surface area contributed by atoms with Crippen molar-refractivity contribution in [2.45, 2.75) is 25.7 Å². The van der Waals surface area contributed by atoms with Crippen LogP contribution >= 0.6 is 0 Å². The van der Waals surface area contributed by atoms with E-state index in [0.717, 1.165) is 23.0 Å². The molecule has 26 heavy (non-hydrogen) atoms. The molecule has 2 aromatic carbocycles. The number of hydrogen-bond acceptors (Lipinski definition) is 1. The molecule has 0 saturated heterocycles. The van der Waals surface area contributed by atoms with Gasteiger partial charge in [0.15, 0.2) is 0 Å². The van der Waals surface area contributed by atoms with Gasteiger partial charge < -0.3 is 9.47 Å². The average Bonchev–Trinajstić information content (AvgIpc) is 3.02. The first kappa shape index (κ1) is 18.0. The zero-order valence-corrected chi connectivity index (χ0v) is 14.3. The molecule has 0 radical (unpaired) electrons. The first-order valence-electron chi connectivity index (χ1n) is 8.28. The second kappa shape index (κ2) is 7.23. The molecule has 136 valence electrons. The largest absolute Gasteiger partial charge is 0.416 e. The summed E-state index contributed by atoms with van der Waals surface area (Å²) in [6.45, 7) is 0.840. The minimum Gasteiger partial charge on any atom is -0.347 e. The fourth-order valence-electron chi connectivity index (χ4n) is 2.90. The standard InChI is InChI=1S/C20H19F3N2O/c1-24(14-15-6-8-17(9-7-15)20(21,22)23)19(26)11-13-25-12-10-16-4-2-3-5-18(16)25/h2-10,12H,11,13-14H2,1H3. The van der Waals surface area contributed by atoms with Crippen LogP contribution in [0.15, 0.2) is 60.8 Å². The normalized spacial score (nSPS) is 11.7. The van der Waals surface area contributed by atoms with Crippen LogP contribution in [0.3, 0.4) is 0 Å². The van der Waals surface area contributed by atoms with Gasteiger partial charge in [0.1, 0.15) is 0 Å². The Kier molecular flexibility index (Phi) is 5.02. The molecule has 0 aliphatic carbocycles. The van der Waals surface area contributed by atoms with Crippen molar-refractivity contribution >= 4 is 16.8 Å². The average molecular weight is 360 g/mol. The second-order valence-corrected chi connectivity index (χ2v) is 6.26. The molecule has 3 aromatic rings. The van der Waals surface area contributed by atoms with E-state index in [0.29, 0.717) is 18.5 Å². The molecule has 3 nitrogen and oxygen atoms in total. The number of alkyl halides is 3. The third-order valence-corrected chi connectivity index (χ3v) is 4.37. The van der Waals surface area contributed by atoms with Crippen molar-refractivity contribution in [3.8, 4) is 0 Å². The molecule has 0 bridgehead atoms. The highest BCUT2D eigenvalue weighted by Gasteiger charge is 2.29. The van der Waals surface area contributed by atoms with Crippen molar-refractivity contribution in [1.29, 1.82) is 0 Å². The van der Waals surface area contributed by atoms with Crippen LogP contribution < -0.4 is 0 Å². The minimum absolute atomic E-state index is 0.0531. The Balaban J connectivity index is 1.58. The number of aryl methyl sites for hydroxylation is 1. The van der Waals surface area contributed by atoms with Crippen LogP contribution in [-0.4, -0.2) is 22.4 Å². The summed E-state index contributed by atoms with van der Waals surface area (Å²) in [7, 11) is 1.66. The molecule has 0 aliphatic rings. The SMILES string of the molecule is CN(Cc1ccc(C(F)(F)F)cc1)C(=O)CCn1ccc2ccccc21. The van der Waals surface area contributed by atoms with E-state index < -0.39 is 11.7 Å². The van der Waals surface area contributed by atoms with E-state index in [2.05, 4.69) is 0 Å². The second-order valence-electron chi connectivity index (χ2n) is 6.26. The van der Waals surface area contributed by atoms with Gasteiger partial charge in [-0.25, -0.2) is 0 Å². The lowest BCUT2D eigenvalue weighted by Gasteiger charge is -2.18. The van der Waals surface area contributed by atoms with Crippen LogP contribution in [0.5, 0.6) is 0 Å². The zero-order chi connectivity index (χ0) is 18.7. The first-order valence-corrected chi connectivity index (χ1v) is 8.28. The van der Waals surface area contributed by atoms with Gasteiger partial charge in [0, 0.05) is 38.3 Å². The molecular formula is C20H19F3N2O. The van der Waals surface area contributed by atoms with E-state index >= 15 is 0 Å². The Morgan fingerprint density at radius 1 is 1.04 bits per heavy atom. The maximum Gasteiger partial charge on any atom is 0.416 e. The van der Waals surface area contributed by atoms with E-state index in [1.165, 1.54) is 17.0 Å². The van der Waals surface area contributed by atoms with Gasteiger partial charge in [0.05, 0.1) is 5.56 Å². The van der Waals surface area contributed by atoms with Gasteiger partial charge in [-0.1, -0.05) is 30.3 Å². The number of carbonyl (C=O) groups is 1. The lowest BCUT2D eigenvalue weighted by Crippen LogP contribution is -2.27. The van der Waals surface area contributed by atoms with Crippen LogP contribution in [0.25, 0.3) is 10.9 Å². The Morgan fingerprint density at radius 3 is 2.42 bits per heavy atom. The zero-order valence-electron chi connectivity index (χ0n) is 14.3. The number of para-hydroxylation sites is 1. The third-order valence-electron chi connectivity index (χ3n) is 4.37. The highest BCUT2D eigenvalue weighted by Crippen LogP contribution is 2.29. The van der Waals surface area contributed by atoms with Crippen molar-refractivity contribution in [2.24, 2.45) is 0 Å². The van der Waals surface area contributed by atoms with E-state index in [1.54, 1.807) is 7.05 Å². The van der Waals surface area contributed by atoms with Crippen LogP contribution in [0.2, 0.25) is 0 Å². The Labute approximate surface area is 149 Å². The quantitative estimate of drug-likeness (QED) is 0.647. The van der Waals surface area contributed by atoms with Crippen LogP contribution in [-0.2, 0) is 24.1 Å². The highest BCUT2D eigenvalue weighted by atomic mass is 19.4. The molecule has 6 heteroatoms. The van der Waals surface area contributed by atoms with Crippen molar-refractivity contribution in [3.05, 3.63) is 71.9 Å². The van der Waals surface area contributed by atoms with Gasteiger partial charge in [-0.2, -0.15) is 13.2 Å². The van der Waals surface area contributed by atoms with Crippen molar-refractivity contribution < 1.29 is 18.0 Å². The number of fused-ring (bicyclic) bond motifs is 1. The topological polar surface area (TPSA) is 25.2 Å². The van der Waals surface area contributed by atoms with E-state index in [-0.39, 0.29) is 12.5 Å². The Morgan fingerprint density at radius 2 is 1.73 bits per heavy atom. The predicted octanol–water partition coefficient (Wildman–Crippen LogP) is 4.71. The monoisotopic (exact) mass is 360 g/mol. The number of aromatic nitrogens is 1. The number of rotatable bonds is 5. The molecule has 0 saturated carbocycles. The predicted molar refractivity (Wildman–Crippen MR) is 94.5 cm³/mol. The molecule has 1 amide bonds. The summed E-state index contributed by atoms with van der Waals surface area (Å²) in [5.74, 6) is -0.0531. The van der Waals surface area contributed by atoms with Crippen LogP contribution in [0, 0.1) is 0 Å². The van der Waals surface area contributed by atoms with Crippen LogP contribution in [0.1, 0.15) is 17.5 Å². The summed E-state index contributed by atoms with van der Waals surface area (Å²) in [6.07, 6.45) is -2.07. The lowest BCUT2D eigenvalue weighted by molar-refractivity contribution is -0.137. The van der Waals surface area contributed by atoms with Crippen molar-refractivity contribution in [3.63, 3.8) is 0 Å². The molecule has 1 aromatic heterocycles. The number of amides is 1. The summed E-state index contributed by atoms with van der Waals surface area (Å²) in [5.41, 5.74) is 1.06. The van der Waals surface area contributed by atoms with E-state index in [9.17, 15) is 18.0 Å². The van der Waals surface area contributed by atoms with Gasteiger partial charge in [0.25, 0.3) is 0 Å². The maximum atomic E-state index is 12.6. The van der Waals surface area contributed by atoms with Crippen molar-refractivity contribution in [1.82, 2.24) is 9.47 Å². The number of halogens is 3. The summed E-state index contributed by atoms with van der Waals surface area (Å²) >= 11 is 0. The molecular weight excluding hydrogens is 341 g/mol. The van der Waals surface area contributed by atoms with Gasteiger partial charge in [-0.05, 0) is 35.2 Å². The molecule has 1 heterocycles.